The van der Waals surface area contributed by atoms with Crippen molar-refractivity contribution in [3.63, 3.8) is 0 Å². The Morgan fingerprint density at radius 2 is 1.18 bits per heavy atom. The Morgan fingerprint density at radius 3 is 1.71 bits per heavy atom. The van der Waals surface area contributed by atoms with Crippen molar-refractivity contribution in [2.75, 3.05) is 20.6 Å². The molecular formula is C31H59NO2. The standard InChI is InChI=1S/C31H59NO2/c1-4-5-6-7-8-9-10-11-12-13-14-15-16-17-18-19-22-25-30(28-29-32(2)3)26-23-20-21-24-27-31(33)34/h8-9,11-12,30H,4-7,10,13-29H2,1-3H3,(H,33,34)/b9-8-,12-11-. The molecule has 0 spiro atoms. The van der Waals surface area contributed by atoms with Crippen LogP contribution in [0.4, 0.5) is 0 Å². The van der Waals surface area contributed by atoms with Crippen molar-refractivity contribution in [2.24, 2.45) is 5.92 Å². The summed E-state index contributed by atoms with van der Waals surface area (Å²) < 4.78 is 0. The van der Waals surface area contributed by atoms with Gasteiger partial charge in [0.15, 0.2) is 0 Å². The van der Waals surface area contributed by atoms with Gasteiger partial charge in [-0.3, -0.25) is 4.79 Å². The molecule has 0 aliphatic carbocycles. The Balaban J connectivity index is 3.64. The molecule has 0 aromatic rings. The third-order valence-corrected chi connectivity index (χ3v) is 6.80. The van der Waals surface area contributed by atoms with Crippen LogP contribution in [0.15, 0.2) is 24.3 Å². The minimum absolute atomic E-state index is 0.331. The summed E-state index contributed by atoms with van der Waals surface area (Å²) in [5.41, 5.74) is 0. The van der Waals surface area contributed by atoms with Crippen molar-refractivity contribution < 1.29 is 9.90 Å². The van der Waals surface area contributed by atoms with Crippen molar-refractivity contribution in [1.82, 2.24) is 4.90 Å². The number of carboxylic acid groups (broad SMARTS) is 1. The average molecular weight is 478 g/mol. The average Bonchev–Trinajstić information content (AvgIpc) is 2.80. The summed E-state index contributed by atoms with van der Waals surface area (Å²) in [4.78, 5) is 12.9. The van der Waals surface area contributed by atoms with Crippen LogP contribution in [0.2, 0.25) is 0 Å². The highest BCUT2D eigenvalue weighted by Crippen LogP contribution is 2.22. The van der Waals surface area contributed by atoms with Gasteiger partial charge < -0.3 is 10.0 Å². The molecule has 0 amide bonds. The first-order valence-electron chi connectivity index (χ1n) is 14.7. The lowest BCUT2D eigenvalue weighted by Crippen LogP contribution is -2.17. The zero-order valence-electron chi connectivity index (χ0n) is 23.2. The molecule has 0 rings (SSSR count). The van der Waals surface area contributed by atoms with E-state index in [1.54, 1.807) is 0 Å². The molecule has 0 saturated heterocycles. The minimum atomic E-state index is -0.655. The Labute approximate surface area is 213 Å². The van der Waals surface area contributed by atoms with E-state index in [9.17, 15) is 4.79 Å². The van der Waals surface area contributed by atoms with Gasteiger partial charge in [0.25, 0.3) is 0 Å². The molecule has 1 N–H and O–H groups in total. The Hall–Kier alpha value is -1.09. The van der Waals surface area contributed by atoms with Gasteiger partial charge in [-0.1, -0.05) is 115 Å². The zero-order chi connectivity index (χ0) is 25.1. The smallest absolute Gasteiger partial charge is 0.303 e. The predicted molar refractivity (Wildman–Crippen MR) is 151 cm³/mol. The van der Waals surface area contributed by atoms with E-state index in [4.69, 9.17) is 5.11 Å². The summed E-state index contributed by atoms with van der Waals surface area (Å²) in [6.45, 7) is 3.45. The summed E-state index contributed by atoms with van der Waals surface area (Å²) in [5, 5.41) is 8.75. The molecule has 3 heteroatoms. The first-order chi connectivity index (χ1) is 16.6. The van der Waals surface area contributed by atoms with Gasteiger partial charge in [0.05, 0.1) is 0 Å². The maximum atomic E-state index is 10.6. The molecule has 0 aliphatic rings. The number of hydrogen-bond acceptors (Lipinski definition) is 2. The molecule has 0 fully saturated rings. The molecular weight excluding hydrogens is 418 g/mol. The number of carboxylic acids is 1. The number of allylic oxidation sites excluding steroid dienone is 4. The predicted octanol–water partition coefficient (Wildman–Crippen LogP) is 9.57. The minimum Gasteiger partial charge on any atom is -0.481 e. The van der Waals surface area contributed by atoms with Crippen molar-refractivity contribution in [1.29, 1.82) is 0 Å². The van der Waals surface area contributed by atoms with Crippen molar-refractivity contribution >= 4 is 5.97 Å². The van der Waals surface area contributed by atoms with Gasteiger partial charge in [-0.25, -0.2) is 0 Å². The van der Waals surface area contributed by atoms with Crippen LogP contribution in [0.1, 0.15) is 142 Å². The quantitative estimate of drug-likeness (QED) is 0.0995. The van der Waals surface area contributed by atoms with Crippen LogP contribution >= 0.6 is 0 Å². The van der Waals surface area contributed by atoms with Gasteiger partial charge in [-0.2, -0.15) is 0 Å². The monoisotopic (exact) mass is 477 g/mol. The van der Waals surface area contributed by atoms with Crippen LogP contribution in [0.25, 0.3) is 0 Å². The fourth-order valence-corrected chi connectivity index (χ4v) is 4.53. The van der Waals surface area contributed by atoms with Crippen LogP contribution in [0.3, 0.4) is 0 Å². The first-order valence-corrected chi connectivity index (χ1v) is 14.7. The van der Waals surface area contributed by atoms with E-state index >= 15 is 0 Å². The molecule has 0 radical (unpaired) electrons. The molecule has 0 bridgehead atoms. The lowest BCUT2D eigenvalue weighted by molar-refractivity contribution is -0.137. The van der Waals surface area contributed by atoms with Gasteiger partial charge in [0.1, 0.15) is 0 Å². The Morgan fingerprint density at radius 1 is 0.676 bits per heavy atom. The third kappa shape index (κ3) is 27.2. The largest absolute Gasteiger partial charge is 0.481 e. The number of carbonyl (C=O) groups is 1. The van der Waals surface area contributed by atoms with E-state index in [1.807, 2.05) is 0 Å². The molecule has 200 valence electrons. The molecule has 1 unspecified atom stereocenters. The molecule has 0 aliphatic heterocycles. The fourth-order valence-electron chi connectivity index (χ4n) is 4.53. The second kappa shape index (κ2) is 26.5. The summed E-state index contributed by atoms with van der Waals surface area (Å²) >= 11 is 0. The van der Waals surface area contributed by atoms with Crippen LogP contribution in [0.5, 0.6) is 0 Å². The Kier molecular flexibility index (Phi) is 25.7. The van der Waals surface area contributed by atoms with Crippen LogP contribution in [-0.2, 0) is 4.79 Å². The van der Waals surface area contributed by atoms with Gasteiger partial charge in [-0.05, 0) is 71.5 Å². The van der Waals surface area contributed by atoms with Crippen LogP contribution in [-0.4, -0.2) is 36.6 Å². The molecule has 0 saturated carbocycles. The van der Waals surface area contributed by atoms with Crippen molar-refractivity contribution in [2.45, 2.75) is 142 Å². The normalized spacial score (nSPS) is 12.9. The van der Waals surface area contributed by atoms with E-state index in [1.165, 1.54) is 116 Å². The van der Waals surface area contributed by atoms with Crippen LogP contribution < -0.4 is 0 Å². The molecule has 3 nitrogen and oxygen atoms in total. The van der Waals surface area contributed by atoms with Crippen molar-refractivity contribution in [3.05, 3.63) is 24.3 Å². The third-order valence-electron chi connectivity index (χ3n) is 6.80. The lowest BCUT2D eigenvalue weighted by atomic mass is 9.91. The van der Waals surface area contributed by atoms with Gasteiger partial charge >= 0.3 is 5.97 Å². The summed E-state index contributed by atoms with van der Waals surface area (Å²) in [6.07, 6.45) is 35.4. The van der Waals surface area contributed by atoms with E-state index in [-0.39, 0.29) is 0 Å². The topological polar surface area (TPSA) is 40.5 Å². The first kappa shape index (κ1) is 32.9. The number of unbranched alkanes of at least 4 members (excludes halogenated alkanes) is 13. The van der Waals surface area contributed by atoms with Gasteiger partial charge in [-0.15, -0.1) is 0 Å². The highest BCUT2D eigenvalue weighted by molar-refractivity contribution is 5.66. The van der Waals surface area contributed by atoms with Crippen molar-refractivity contribution in [3.8, 4) is 0 Å². The molecule has 0 aromatic carbocycles. The maximum Gasteiger partial charge on any atom is 0.303 e. The molecule has 0 heterocycles. The fraction of sp³-hybridized carbons (Fsp3) is 0.839. The summed E-state index contributed by atoms with van der Waals surface area (Å²) in [7, 11) is 4.34. The number of rotatable bonds is 26. The molecule has 1 atom stereocenters. The van der Waals surface area contributed by atoms with Gasteiger partial charge in [0, 0.05) is 6.42 Å². The number of hydrogen-bond donors (Lipinski definition) is 1. The number of aliphatic carboxylic acids is 1. The van der Waals surface area contributed by atoms with E-state index in [0.717, 1.165) is 25.2 Å². The second-order valence-electron chi connectivity index (χ2n) is 10.5. The SMILES string of the molecule is CCCCC/C=C\C/C=C\CCCCCCCCCC(CCCCCCC(=O)O)CCN(C)C. The second-order valence-corrected chi connectivity index (χ2v) is 10.5. The summed E-state index contributed by atoms with van der Waals surface area (Å²) in [6, 6.07) is 0. The molecule has 0 aromatic heterocycles. The maximum absolute atomic E-state index is 10.6. The molecule has 34 heavy (non-hydrogen) atoms. The Bertz CT molecular complexity index is 484. The van der Waals surface area contributed by atoms with E-state index < -0.39 is 5.97 Å². The highest BCUT2D eigenvalue weighted by atomic mass is 16.4. The van der Waals surface area contributed by atoms with E-state index in [2.05, 4.69) is 50.2 Å². The van der Waals surface area contributed by atoms with E-state index in [0.29, 0.717) is 6.42 Å². The highest BCUT2D eigenvalue weighted by Gasteiger charge is 2.09. The van der Waals surface area contributed by atoms with Crippen LogP contribution in [0, 0.1) is 5.92 Å². The number of nitrogens with zero attached hydrogens (tertiary/aromatic N) is 1. The van der Waals surface area contributed by atoms with Gasteiger partial charge in [0.2, 0.25) is 0 Å². The summed E-state index contributed by atoms with van der Waals surface area (Å²) in [5.74, 6) is 0.192. The lowest BCUT2D eigenvalue weighted by Gasteiger charge is -2.19. The zero-order valence-corrected chi connectivity index (χ0v) is 23.2.